The molecule has 0 amide bonds. The van der Waals surface area contributed by atoms with Crippen LogP contribution < -0.4 is 15.8 Å². The normalized spacial score (nSPS) is 16.4. The molecule has 0 fully saturated rings. The molecule has 0 saturated heterocycles. The summed E-state index contributed by atoms with van der Waals surface area (Å²) in [6.07, 6.45) is 5.62. The van der Waals surface area contributed by atoms with Gasteiger partial charge in [0.15, 0.2) is 10.8 Å². The molecule has 1 aliphatic heterocycles. The van der Waals surface area contributed by atoms with Crippen LogP contribution in [0.2, 0.25) is 10.0 Å². The summed E-state index contributed by atoms with van der Waals surface area (Å²) in [4.78, 5) is 4.32. The van der Waals surface area contributed by atoms with Gasteiger partial charge in [0.25, 0.3) is 0 Å². The van der Waals surface area contributed by atoms with E-state index in [1.54, 1.807) is 18.3 Å². The largest absolute Gasteiger partial charge is 0.374 e. The minimum atomic E-state index is -0.112. The fourth-order valence-corrected chi connectivity index (χ4v) is 4.57. The van der Waals surface area contributed by atoms with Crippen molar-refractivity contribution >= 4 is 67.1 Å². The van der Waals surface area contributed by atoms with Crippen molar-refractivity contribution in [2.45, 2.75) is 11.9 Å². The quantitative estimate of drug-likeness (QED) is 0.404. The molecule has 1 atom stereocenters. The first-order valence-electron chi connectivity index (χ1n) is 7.86. The number of hydrazine groups is 1. The number of benzene rings is 1. The van der Waals surface area contributed by atoms with Crippen LogP contribution in [-0.2, 0) is 0 Å². The number of aromatic nitrogens is 3. The molecule has 3 heterocycles. The first kappa shape index (κ1) is 18.5. The molecule has 0 bridgehead atoms. The van der Waals surface area contributed by atoms with E-state index in [0.29, 0.717) is 26.0 Å². The van der Waals surface area contributed by atoms with Gasteiger partial charge in [0.2, 0.25) is 5.13 Å². The lowest BCUT2D eigenvalue weighted by atomic mass is 10.1. The van der Waals surface area contributed by atoms with Crippen LogP contribution in [0.5, 0.6) is 0 Å². The molecule has 3 aromatic rings. The minimum absolute atomic E-state index is 0.112. The standard InChI is InChI=1S/C17H13BrCl2N6S/c1-9-7-10(19)8-11(16-23-24-17(21)27-16)14(9)26-13(18)4-6-25(26)15-12(20)3-2-5-22-15/h2-8,13H,1H3,(H2,21,24). The second-order valence-electron chi connectivity index (χ2n) is 5.78. The molecule has 2 N–H and O–H groups in total. The molecule has 0 radical (unpaired) electrons. The number of hydrogen-bond acceptors (Lipinski definition) is 7. The van der Waals surface area contributed by atoms with Crippen molar-refractivity contribution in [1.82, 2.24) is 15.2 Å². The Balaban J connectivity index is 1.90. The summed E-state index contributed by atoms with van der Waals surface area (Å²) in [6, 6.07) is 7.37. The van der Waals surface area contributed by atoms with Crippen molar-refractivity contribution in [3.8, 4) is 10.6 Å². The Hall–Kier alpha value is -1.87. The zero-order valence-corrected chi connectivity index (χ0v) is 17.9. The fraction of sp³-hybridized carbons (Fsp3) is 0.118. The number of pyridine rings is 1. The maximum Gasteiger partial charge on any atom is 0.203 e. The number of anilines is 3. The Morgan fingerprint density at radius 1 is 1.26 bits per heavy atom. The summed E-state index contributed by atoms with van der Waals surface area (Å²) in [5.41, 5.74) is 8.51. The van der Waals surface area contributed by atoms with Crippen LogP contribution in [0, 0.1) is 6.92 Å². The smallest absolute Gasteiger partial charge is 0.203 e. The Morgan fingerprint density at radius 2 is 2.07 bits per heavy atom. The molecule has 1 aromatic carbocycles. The summed E-state index contributed by atoms with van der Waals surface area (Å²) < 4.78 is 0. The molecule has 138 valence electrons. The van der Waals surface area contributed by atoms with Gasteiger partial charge in [0.1, 0.15) is 4.95 Å². The van der Waals surface area contributed by atoms with Crippen LogP contribution in [0.25, 0.3) is 10.6 Å². The van der Waals surface area contributed by atoms with E-state index >= 15 is 0 Å². The fourth-order valence-electron chi connectivity index (χ4n) is 2.92. The van der Waals surface area contributed by atoms with Crippen molar-refractivity contribution in [2.24, 2.45) is 0 Å². The molecule has 1 unspecified atom stereocenters. The third-order valence-electron chi connectivity index (χ3n) is 3.97. The summed E-state index contributed by atoms with van der Waals surface area (Å²) >= 11 is 17.7. The molecule has 10 heteroatoms. The highest BCUT2D eigenvalue weighted by molar-refractivity contribution is 9.09. The lowest BCUT2D eigenvalue weighted by Crippen LogP contribution is -2.40. The molecule has 0 spiro atoms. The predicted molar refractivity (Wildman–Crippen MR) is 116 cm³/mol. The van der Waals surface area contributed by atoms with E-state index in [9.17, 15) is 0 Å². The molecule has 1 aliphatic rings. The lowest BCUT2D eigenvalue weighted by Gasteiger charge is -2.35. The number of rotatable bonds is 3. The number of aryl methyl sites for hydroxylation is 1. The highest BCUT2D eigenvalue weighted by Gasteiger charge is 2.32. The van der Waals surface area contributed by atoms with E-state index < -0.39 is 0 Å². The maximum absolute atomic E-state index is 6.39. The van der Waals surface area contributed by atoms with Gasteiger partial charge in [-0.15, -0.1) is 10.2 Å². The number of nitrogen functional groups attached to an aromatic ring is 1. The van der Waals surface area contributed by atoms with Crippen LogP contribution in [0.15, 0.2) is 42.7 Å². The van der Waals surface area contributed by atoms with Gasteiger partial charge in [-0.2, -0.15) is 0 Å². The van der Waals surface area contributed by atoms with Gasteiger partial charge in [-0.3, -0.25) is 5.01 Å². The van der Waals surface area contributed by atoms with Crippen molar-refractivity contribution < 1.29 is 0 Å². The third kappa shape index (κ3) is 3.38. The Labute approximate surface area is 178 Å². The molecule has 27 heavy (non-hydrogen) atoms. The summed E-state index contributed by atoms with van der Waals surface area (Å²) in [7, 11) is 0. The summed E-state index contributed by atoms with van der Waals surface area (Å²) in [6.45, 7) is 1.99. The zero-order chi connectivity index (χ0) is 19.1. The first-order valence-corrected chi connectivity index (χ1v) is 10.4. The molecular formula is C17H13BrCl2N6S. The Kier molecular flexibility index (Phi) is 4.98. The zero-order valence-electron chi connectivity index (χ0n) is 14.0. The van der Waals surface area contributed by atoms with Gasteiger partial charge in [-0.05, 0) is 42.8 Å². The summed E-state index contributed by atoms with van der Waals surface area (Å²) in [5, 5.41) is 14.3. The van der Waals surface area contributed by atoms with E-state index in [4.69, 9.17) is 28.9 Å². The number of nitrogens with zero attached hydrogens (tertiary/aromatic N) is 5. The lowest BCUT2D eigenvalue weighted by molar-refractivity contribution is 0.877. The first-order chi connectivity index (χ1) is 13.0. The molecule has 0 saturated carbocycles. The number of hydrogen-bond donors (Lipinski definition) is 1. The molecule has 2 aromatic heterocycles. The molecule has 6 nitrogen and oxygen atoms in total. The highest BCUT2D eigenvalue weighted by Crippen LogP contribution is 2.43. The summed E-state index contributed by atoms with van der Waals surface area (Å²) in [5.74, 6) is 0.620. The predicted octanol–water partition coefficient (Wildman–Crippen LogP) is 5.27. The van der Waals surface area contributed by atoms with Crippen LogP contribution in [-0.4, -0.2) is 20.1 Å². The maximum atomic E-state index is 6.39. The van der Waals surface area contributed by atoms with E-state index in [1.165, 1.54) is 11.3 Å². The van der Waals surface area contributed by atoms with E-state index in [1.807, 2.05) is 41.4 Å². The third-order valence-corrected chi connectivity index (χ3v) is 5.97. The van der Waals surface area contributed by atoms with E-state index in [0.717, 1.165) is 16.8 Å². The second kappa shape index (κ2) is 7.27. The molecule has 4 rings (SSSR count). The monoisotopic (exact) mass is 482 g/mol. The SMILES string of the molecule is Cc1cc(Cl)cc(-c2nnc(N)s2)c1N1C(Br)C=CN1c1ncccc1Cl. The number of halogens is 3. The van der Waals surface area contributed by atoms with Crippen molar-refractivity contribution in [2.75, 3.05) is 15.8 Å². The van der Waals surface area contributed by atoms with E-state index in [2.05, 4.69) is 31.1 Å². The van der Waals surface area contributed by atoms with Crippen LogP contribution in [0.4, 0.5) is 16.6 Å². The van der Waals surface area contributed by atoms with Crippen LogP contribution >= 0.6 is 50.5 Å². The molecular weight excluding hydrogens is 471 g/mol. The van der Waals surface area contributed by atoms with Crippen molar-refractivity contribution in [1.29, 1.82) is 0 Å². The highest BCUT2D eigenvalue weighted by atomic mass is 79.9. The minimum Gasteiger partial charge on any atom is -0.374 e. The Bertz CT molecular complexity index is 1040. The van der Waals surface area contributed by atoms with Gasteiger partial charge in [0, 0.05) is 23.0 Å². The van der Waals surface area contributed by atoms with Crippen LogP contribution in [0.3, 0.4) is 0 Å². The topological polar surface area (TPSA) is 71.2 Å². The molecule has 0 aliphatic carbocycles. The van der Waals surface area contributed by atoms with E-state index in [-0.39, 0.29) is 4.95 Å². The van der Waals surface area contributed by atoms with Gasteiger partial charge in [0.05, 0.1) is 10.7 Å². The van der Waals surface area contributed by atoms with Gasteiger partial charge < -0.3 is 5.73 Å². The van der Waals surface area contributed by atoms with Gasteiger partial charge >= 0.3 is 0 Å². The average molecular weight is 484 g/mol. The van der Waals surface area contributed by atoms with Gasteiger partial charge in [-0.25, -0.2) is 9.99 Å². The van der Waals surface area contributed by atoms with Crippen molar-refractivity contribution in [3.63, 3.8) is 0 Å². The van der Waals surface area contributed by atoms with Crippen molar-refractivity contribution in [3.05, 3.63) is 58.3 Å². The number of nitrogens with two attached hydrogens (primary N) is 1. The number of alkyl halides is 1. The van der Waals surface area contributed by atoms with Gasteiger partial charge in [-0.1, -0.05) is 50.5 Å². The average Bonchev–Trinajstić information content (AvgIpc) is 3.21. The second-order valence-corrected chi connectivity index (χ2v) is 8.57. The van der Waals surface area contributed by atoms with Crippen LogP contribution in [0.1, 0.15) is 5.56 Å². The Morgan fingerprint density at radius 3 is 2.78 bits per heavy atom.